The van der Waals surface area contributed by atoms with Gasteiger partial charge in [0.1, 0.15) is 5.76 Å². The van der Waals surface area contributed by atoms with E-state index in [1.807, 2.05) is 39.0 Å². The number of rotatable bonds is 4. The second-order valence-corrected chi connectivity index (χ2v) is 6.67. The van der Waals surface area contributed by atoms with Crippen molar-refractivity contribution in [2.75, 3.05) is 0 Å². The van der Waals surface area contributed by atoms with E-state index in [1.54, 1.807) is 0 Å². The summed E-state index contributed by atoms with van der Waals surface area (Å²) < 4.78 is 6.25. The Morgan fingerprint density at radius 3 is 2.64 bits per heavy atom. The third-order valence-corrected chi connectivity index (χ3v) is 4.39. The van der Waals surface area contributed by atoms with Crippen LogP contribution in [0.3, 0.4) is 0 Å². The molecule has 1 aliphatic rings. The van der Waals surface area contributed by atoms with Crippen molar-refractivity contribution in [3.05, 3.63) is 39.6 Å². The van der Waals surface area contributed by atoms with Gasteiger partial charge in [-0.2, -0.15) is 0 Å². The first kappa shape index (κ1) is 16.7. The van der Waals surface area contributed by atoms with Gasteiger partial charge < -0.3 is 10.1 Å². The average Bonchev–Trinajstić information content (AvgIpc) is 2.61. The molecule has 22 heavy (non-hydrogen) atoms. The van der Waals surface area contributed by atoms with Crippen molar-refractivity contribution >= 4 is 33.4 Å². The van der Waals surface area contributed by atoms with E-state index < -0.39 is 11.5 Å². The van der Waals surface area contributed by atoms with E-state index in [1.165, 1.54) is 6.92 Å². The molecule has 1 amide bonds. The summed E-state index contributed by atoms with van der Waals surface area (Å²) in [6, 6.07) is 5.74. The lowest BCUT2D eigenvalue weighted by molar-refractivity contribution is -0.138. The van der Waals surface area contributed by atoms with Gasteiger partial charge in [-0.1, -0.05) is 41.4 Å². The zero-order chi connectivity index (χ0) is 16.5. The van der Waals surface area contributed by atoms with Crippen LogP contribution < -0.4 is 5.32 Å². The fourth-order valence-electron chi connectivity index (χ4n) is 2.80. The number of hydrogen-bond donors (Lipinski definition) is 1. The Labute approximate surface area is 139 Å². The number of ether oxygens (including phenoxy) is 1. The summed E-state index contributed by atoms with van der Waals surface area (Å²) in [5.74, 6) is -0.220. The molecular formula is C17H20BrNO3. The first-order valence-corrected chi connectivity index (χ1v) is 8.10. The Balaban J connectivity index is 2.64. The predicted molar refractivity (Wildman–Crippen MR) is 89.0 cm³/mol. The van der Waals surface area contributed by atoms with Crippen LogP contribution >= 0.6 is 15.9 Å². The summed E-state index contributed by atoms with van der Waals surface area (Å²) in [5.41, 5.74) is 1.59. The number of halogens is 1. The van der Waals surface area contributed by atoms with Crippen LogP contribution in [-0.4, -0.2) is 17.4 Å². The number of carbonyl (C=O) groups excluding carboxylic acids is 2. The Kier molecular flexibility index (Phi) is 4.75. The van der Waals surface area contributed by atoms with Gasteiger partial charge in [0.05, 0.1) is 11.1 Å². The molecule has 1 unspecified atom stereocenters. The normalized spacial score (nSPS) is 21.0. The number of hydrogen-bond acceptors (Lipinski definition) is 3. The van der Waals surface area contributed by atoms with Crippen LogP contribution in [0, 0.1) is 6.92 Å². The van der Waals surface area contributed by atoms with Gasteiger partial charge >= 0.3 is 5.97 Å². The van der Waals surface area contributed by atoms with Gasteiger partial charge in [0, 0.05) is 17.0 Å². The van der Waals surface area contributed by atoms with Crippen molar-refractivity contribution in [1.82, 2.24) is 5.32 Å². The molecular weight excluding hydrogens is 346 g/mol. The Morgan fingerprint density at radius 2 is 2.09 bits per heavy atom. The number of esters is 1. The number of amides is 1. The lowest BCUT2D eigenvalue weighted by atomic mass is 9.92. The molecule has 1 N–H and O–H groups in total. The highest BCUT2D eigenvalue weighted by molar-refractivity contribution is 9.10. The SMILES string of the molecule is CCCC1(C)NC(=O)C(c2ccc(C)cc2Br)=C1OC(C)=O. The van der Waals surface area contributed by atoms with E-state index in [2.05, 4.69) is 21.2 Å². The average molecular weight is 366 g/mol. The minimum atomic E-state index is -0.656. The van der Waals surface area contributed by atoms with E-state index in [9.17, 15) is 9.59 Å². The molecule has 1 aromatic rings. The summed E-state index contributed by atoms with van der Waals surface area (Å²) in [6.07, 6.45) is 1.57. The van der Waals surface area contributed by atoms with E-state index in [0.29, 0.717) is 17.8 Å². The molecule has 4 nitrogen and oxygen atoms in total. The molecule has 0 bridgehead atoms. The fraction of sp³-hybridized carbons (Fsp3) is 0.412. The minimum Gasteiger partial charge on any atom is -0.428 e. The first-order valence-electron chi connectivity index (χ1n) is 7.30. The van der Waals surface area contributed by atoms with E-state index in [-0.39, 0.29) is 5.91 Å². The highest BCUT2D eigenvalue weighted by Crippen LogP contribution is 2.39. The van der Waals surface area contributed by atoms with Crippen molar-refractivity contribution in [3.63, 3.8) is 0 Å². The molecule has 2 rings (SSSR count). The maximum Gasteiger partial charge on any atom is 0.307 e. The molecule has 0 spiro atoms. The molecule has 5 heteroatoms. The van der Waals surface area contributed by atoms with Crippen molar-refractivity contribution in [3.8, 4) is 0 Å². The standard InChI is InChI=1S/C17H20BrNO3/c1-5-8-17(4)15(22-11(3)20)14(16(21)19-17)12-7-6-10(2)9-13(12)18/h6-7,9H,5,8H2,1-4H3,(H,19,21). The van der Waals surface area contributed by atoms with Gasteiger partial charge in [-0.15, -0.1) is 0 Å². The lowest BCUT2D eigenvalue weighted by Crippen LogP contribution is -2.42. The second-order valence-electron chi connectivity index (χ2n) is 5.82. The van der Waals surface area contributed by atoms with Gasteiger partial charge in [0.2, 0.25) is 0 Å². The lowest BCUT2D eigenvalue weighted by Gasteiger charge is -2.26. The molecule has 0 saturated carbocycles. The van der Waals surface area contributed by atoms with Gasteiger partial charge in [-0.25, -0.2) is 0 Å². The van der Waals surface area contributed by atoms with E-state index in [4.69, 9.17) is 4.74 Å². The van der Waals surface area contributed by atoms with Crippen LogP contribution in [0.1, 0.15) is 44.7 Å². The predicted octanol–water partition coefficient (Wildman–Crippen LogP) is 3.72. The summed E-state index contributed by atoms with van der Waals surface area (Å²) >= 11 is 3.50. The Bertz CT molecular complexity index is 666. The molecule has 0 saturated heterocycles. The summed E-state index contributed by atoms with van der Waals surface area (Å²) in [4.78, 5) is 24.0. The van der Waals surface area contributed by atoms with Crippen molar-refractivity contribution in [1.29, 1.82) is 0 Å². The molecule has 0 radical (unpaired) electrons. The third-order valence-electron chi connectivity index (χ3n) is 3.73. The third kappa shape index (κ3) is 3.09. The van der Waals surface area contributed by atoms with Gasteiger partial charge in [0.25, 0.3) is 5.91 Å². The molecule has 0 aromatic heterocycles. The molecule has 118 valence electrons. The maximum absolute atomic E-state index is 12.5. The van der Waals surface area contributed by atoms with Crippen LogP contribution in [-0.2, 0) is 14.3 Å². The van der Waals surface area contributed by atoms with Crippen molar-refractivity contribution in [2.45, 2.75) is 46.1 Å². The molecule has 0 aliphatic carbocycles. The van der Waals surface area contributed by atoms with Gasteiger partial charge in [0.15, 0.2) is 0 Å². The highest BCUT2D eigenvalue weighted by Gasteiger charge is 2.44. The van der Waals surface area contributed by atoms with Crippen LogP contribution in [0.4, 0.5) is 0 Å². The number of nitrogens with one attached hydrogen (secondary N) is 1. The van der Waals surface area contributed by atoms with Crippen LogP contribution in [0.5, 0.6) is 0 Å². The topological polar surface area (TPSA) is 55.4 Å². The largest absolute Gasteiger partial charge is 0.428 e. The molecule has 0 fully saturated rings. The van der Waals surface area contributed by atoms with Crippen molar-refractivity contribution < 1.29 is 14.3 Å². The molecule has 1 aliphatic heterocycles. The monoisotopic (exact) mass is 365 g/mol. The summed E-state index contributed by atoms with van der Waals surface area (Å²) in [5, 5.41) is 2.97. The Hall–Kier alpha value is -1.62. The molecule has 1 aromatic carbocycles. The van der Waals surface area contributed by atoms with Gasteiger partial charge in [-0.3, -0.25) is 9.59 Å². The quantitative estimate of drug-likeness (QED) is 0.827. The highest BCUT2D eigenvalue weighted by atomic mass is 79.9. The maximum atomic E-state index is 12.5. The smallest absolute Gasteiger partial charge is 0.307 e. The second kappa shape index (κ2) is 6.24. The molecule has 1 atom stereocenters. The number of carbonyl (C=O) groups is 2. The number of aryl methyl sites for hydroxylation is 1. The fourth-order valence-corrected chi connectivity index (χ4v) is 3.49. The summed E-state index contributed by atoms with van der Waals surface area (Å²) in [7, 11) is 0. The zero-order valence-electron chi connectivity index (χ0n) is 13.2. The zero-order valence-corrected chi connectivity index (χ0v) is 14.8. The molecule has 1 heterocycles. The van der Waals surface area contributed by atoms with E-state index in [0.717, 1.165) is 22.0 Å². The van der Waals surface area contributed by atoms with Gasteiger partial charge in [-0.05, 0) is 31.9 Å². The van der Waals surface area contributed by atoms with E-state index >= 15 is 0 Å². The number of benzene rings is 1. The van der Waals surface area contributed by atoms with Crippen molar-refractivity contribution in [2.24, 2.45) is 0 Å². The van der Waals surface area contributed by atoms with Crippen LogP contribution in [0.25, 0.3) is 5.57 Å². The van der Waals surface area contributed by atoms with Crippen LogP contribution in [0.15, 0.2) is 28.4 Å². The Morgan fingerprint density at radius 1 is 1.41 bits per heavy atom. The minimum absolute atomic E-state index is 0.211. The van der Waals surface area contributed by atoms with Crippen LogP contribution in [0.2, 0.25) is 0 Å². The summed E-state index contributed by atoms with van der Waals surface area (Å²) in [6.45, 7) is 7.25. The first-order chi connectivity index (χ1) is 10.3.